The molecule has 3 N–H and O–H groups in total. The van der Waals surface area contributed by atoms with Crippen LogP contribution in [0.1, 0.15) is 12.0 Å². The summed E-state index contributed by atoms with van der Waals surface area (Å²) in [6, 6.07) is 6.07. The number of rotatable bonds is 12. The van der Waals surface area contributed by atoms with E-state index in [4.69, 9.17) is 4.74 Å². The van der Waals surface area contributed by atoms with Gasteiger partial charge in [-0.3, -0.25) is 9.79 Å². The van der Waals surface area contributed by atoms with Crippen molar-refractivity contribution in [3.05, 3.63) is 35.6 Å². The van der Waals surface area contributed by atoms with Crippen LogP contribution in [0.25, 0.3) is 0 Å². The van der Waals surface area contributed by atoms with Crippen molar-refractivity contribution in [3.8, 4) is 0 Å². The van der Waals surface area contributed by atoms with Crippen LogP contribution >= 0.6 is 0 Å². The molecule has 1 aromatic rings. The number of likely N-dealkylation sites (N-methyl/N-ethyl adjacent to an activating group) is 1. The number of aliphatic imine (C=N–C) groups is 1. The Balaban J connectivity index is 2.13. The molecule has 0 aliphatic heterocycles. The summed E-state index contributed by atoms with van der Waals surface area (Å²) in [6.07, 6.45) is 1.18. The number of benzene rings is 1. The minimum Gasteiger partial charge on any atom is -0.385 e. The zero-order valence-corrected chi connectivity index (χ0v) is 16.6. The monoisotopic (exact) mass is 381 g/mol. The molecule has 0 fully saturated rings. The summed E-state index contributed by atoms with van der Waals surface area (Å²) >= 11 is 0. The number of carbonyl (C=O) groups is 1. The van der Waals surface area contributed by atoms with Gasteiger partial charge >= 0.3 is 0 Å². The molecular weight excluding hydrogens is 349 g/mol. The molecule has 0 saturated heterocycles. The molecule has 1 amide bonds. The number of nitrogens with zero attached hydrogens (tertiary/aromatic N) is 2. The van der Waals surface area contributed by atoms with Gasteiger partial charge < -0.3 is 25.6 Å². The highest BCUT2D eigenvalue weighted by Crippen LogP contribution is 2.03. The van der Waals surface area contributed by atoms with Crippen molar-refractivity contribution >= 4 is 11.9 Å². The molecule has 0 bridgehead atoms. The molecule has 0 aliphatic rings. The third-order valence-electron chi connectivity index (χ3n) is 3.89. The number of halogens is 1. The molecule has 0 saturated carbocycles. The van der Waals surface area contributed by atoms with Crippen LogP contribution < -0.4 is 16.0 Å². The minimum absolute atomic E-state index is 0.136. The van der Waals surface area contributed by atoms with E-state index < -0.39 is 0 Å². The predicted octanol–water partition coefficient (Wildman–Crippen LogP) is 0.618. The summed E-state index contributed by atoms with van der Waals surface area (Å²) in [6.45, 7) is 4.44. The third-order valence-corrected chi connectivity index (χ3v) is 3.89. The second-order valence-electron chi connectivity index (χ2n) is 6.23. The first kappa shape index (κ1) is 22.9. The molecular formula is C19H32FN5O2. The first-order valence-corrected chi connectivity index (χ1v) is 9.18. The number of guanidine groups is 1. The highest BCUT2D eigenvalue weighted by molar-refractivity contribution is 5.80. The normalized spacial score (nSPS) is 11.5. The van der Waals surface area contributed by atoms with Crippen molar-refractivity contribution < 1.29 is 13.9 Å². The van der Waals surface area contributed by atoms with E-state index in [2.05, 4.69) is 32.9 Å². The van der Waals surface area contributed by atoms with Crippen LogP contribution in [0.15, 0.2) is 29.3 Å². The molecule has 152 valence electrons. The predicted molar refractivity (Wildman–Crippen MR) is 106 cm³/mol. The van der Waals surface area contributed by atoms with E-state index in [-0.39, 0.29) is 18.1 Å². The fourth-order valence-electron chi connectivity index (χ4n) is 2.45. The Morgan fingerprint density at radius 3 is 2.63 bits per heavy atom. The van der Waals surface area contributed by atoms with E-state index >= 15 is 0 Å². The lowest BCUT2D eigenvalue weighted by Gasteiger charge is -2.18. The van der Waals surface area contributed by atoms with Gasteiger partial charge in [-0.2, -0.15) is 0 Å². The van der Waals surface area contributed by atoms with Crippen LogP contribution in [-0.4, -0.2) is 77.3 Å². The maximum atomic E-state index is 13.1. The van der Waals surface area contributed by atoms with Gasteiger partial charge in [-0.25, -0.2) is 4.39 Å². The van der Waals surface area contributed by atoms with Crippen molar-refractivity contribution in [2.24, 2.45) is 4.99 Å². The van der Waals surface area contributed by atoms with E-state index in [0.29, 0.717) is 24.6 Å². The largest absolute Gasteiger partial charge is 0.385 e. The minimum atomic E-state index is -0.332. The number of hydrogen-bond acceptors (Lipinski definition) is 4. The molecule has 0 heterocycles. The van der Waals surface area contributed by atoms with E-state index in [9.17, 15) is 9.18 Å². The average molecular weight is 381 g/mol. The molecule has 0 radical (unpaired) electrons. The molecule has 0 atom stereocenters. The molecule has 0 aliphatic carbocycles. The number of amides is 1. The molecule has 7 nitrogen and oxygen atoms in total. The quantitative estimate of drug-likeness (QED) is 0.281. The van der Waals surface area contributed by atoms with Crippen molar-refractivity contribution in [2.45, 2.75) is 12.8 Å². The van der Waals surface area contributed by atoms with Gasteiger partial charge in [0.2, 0.25) is 5.91 Å². The molecule has 0 aromatic heterocycles. The molecule has 0 unspecified atom stereocenters. The van der Waals surface area contributed by atoms with Crippen LogP contribution in [0.2, 0.25) is 0 Å². The SMILES string of the molecule is CN=C(NCCNC(=O)Cc1cccc(F)c1)NCCN(C)CCCOC. The zero-order chi connectivity index (χ0) is 19.9. The van der Waals surface area contributed by atoms with E-state index in [0.717, 1.165) is 32.7 Å². The van der Waals surface area contributed by atoms with Gasteiger partial charge in [0.25, 0.3) is 0 Å². The lowest BCUT2D eigenvalue weighted by Crippen LogP contribution is -2.43. The Bertz CT molecular complexity index is 583. The second kappa shape index (κ2) is 13.9. The fraction of sp³-hybridized carbons (Fsp3) is 0.579. The molecule has 27 heavy (non-hydrogen) atoms. The Hall–Kier alpha value is -2.19. The lowest BCUT2D eigenvalue weighted by atomic mass is 10.1. The lowest BCUT2D eigenvalue weighted by molar-refractivity contribution is -0.120. The van der Waals surface area contributed by atoms with Crippen LogP contribution in [-0.2, 0) is 16.0 Å². The van der Waals surface area contributed by atoms with Crippen molar-refractivity contribution in [1.82, 2.24) is 20.9 Å². The van der Waals surface area contributed by atoms with Crippen LogP contribution in [0.3, 0.4) is 0 Å². The summed E-state index contributed by atoms with van der Waals surface area (Å²) < 4.78 is 18.2. The standard InChI is InChI=1S/C19H32FN5O2/c1-21-19(24-10-12-25(2)11-5-13-27-3)23-9-8-22-18(26)15-16-6-4-7-17(20)14-16/h4,6-7,14H,5,8-13,15H2,1-3H3,(H,22,26)(H2,21,23,24). The summed E-state index contributed by atoms with van der Waals surface area (Å²) in [5.74, 6) is 0.226. The maximum absolute atomic E-state index is 13.1. The number of nitrogens with one attached hydrogen (secondary N) is 3. The highest BCUT2D eigenvalue weighted by Gasteiger charge is 2.04. The summed E-state index contributed by atoms with van der Waals surface area (Å²) in [4.78, 5) is 18.3. The number of hydrogen-bond donors (Lipinski definition) is 3. The van der Waals surface area contributed by atoms with Crippen molar-refractivity contribution in [3.63, 3.8) is 0 Å². The van der Waals surface area contributed by atoms with Crippen molar-refractivity contribution in [2.75, 3.05) is 60.5 Å². The first-order valence-electron chi connectivity index (χ1n) is 9.18. The molecule has 1 rings (SSSR count). The van der Waals surface area contributed by atoms with Gasteiger partial charge in [0.1, 0.15) is 5.82 Å². The molecule has 0 spiro atoms. The van der Waals surface area contributed by atoms with E-state index in [1.54, 1.807) is 26.3 Å². The molecule has 1 aromatic carbocycles. The van der Waals surface area contributed by atoms with Crippen LogP contribution in [0.4, 0.5) is 4.39 Å². The van der Waals surface area contributed by atoms with Gasteiger partial charge in [-0.05, 0) is 31.2 Å². The first-order chi connectivity index (χ1) is 13.0. The summed E-state index contributed by atoms with van der Waals surface area (Å²) in [5.41, 5.74) is 0.660. The topological polar surface area (TPSA) is 78.0 Å². The van der Waals surface area contributed by atoms with Crippen LogP contribution in [0, 0.1) is 5.82 Å². The zero-order valence-electron chi connectivity index (χ0n) is 16.6. The maximum Gasteiger partial charge on any atom is 0.224 e. The van der Waals surface area contributed by atoms with Crippen LogP contribution in [0.5, 0.6) is 0 Å². The van der Waals surface area contributed by atoms with Gasteiger partial charge in [0.15, 0.2) is 5.96 Å². The highest BCUT2D eigenvalue weighted by atomic mass is 19.1. The molecule has 8 heteroatoms. The number of methoxy groups -OCH3 is 1. The summed E-state index contributed by atoms with van der Waals surface area (Å²) in [7, 11) is 5.49. The Kier molecular flexibility index (Phi) is 11.8. The van der Waals surface area contributed by atoms with Crippen molar-refractivity contribution in [1.29, 1.82) is 0 Å². The Morgan fingerprint density at radius 2 is 1.93 bits per heavy atom. The van der Waals surface area contributed by atoms with Gasteiger partial charge in [-0.15, -0.1) is 0 Å². The summed E-state index contributed by atoms with van der Waals surface area (Å²) in [5, 5.41) is 9.19. The van der Waals surface area contributed by atoms with Gasteiger partial charge in [0, 0.05) is 53.5 Å². The number of carbonyl (C=O) groups excluding carboxylic acids is 1. The van der Waals surface area contributed by atoms with Gasteiger partial charge in [0.05, 0.1) is 6.42 Å². The Morgan fingerprint density at radius 1 is 1.19 bits per heavy atom. The second-order valence-corrected chi connectivity index (χ2v) is 6.23. The van der Waals surface area contributed by atoms with E-state index in [1.807, 2.05) is 0 Å². The smallest absolute Gasteiger partial charge is 0.224 e. The Labute approximate surface area is 161 Å². The third kappa shape index (κ3) is 11.2. The van der Waals surface area contributed by atoms with E-state index in [1.165, 1.54) is 12.1 Å². The fourth-order valence-corrected chi connectivity index (χ4v) is 2.45. The average Bonchev–Trinajstić information content (AvgIpc) is 2.64. The number of ether oxygens (including phenoxy) is 1. The van der Waals surface area contributed by atoms with Gasteiger partial charge in [-0.1, -0.05) is 12.1 Å².